The molecule has 0 amide bonds. The molecular formula is C13H13NO. The van der Waals surface area contributed by atoms with Gasteiger partial charge in [0.05, 0.1) is 6.04 Å². The minimum atomic E-state index is 0.120. The molecule has 2 heteroatoms. The molecule has 2 atom stereocenters. The van der Waals surface area contributed by atoms with Gasteiger partial charge in [0, 0.05) is 29.9 Å². The van der Waals surface area contributed by atoms with Crippen molar-refractivity contribution in [2.24, 2.45) is 5.92 Å². The normalized spacial score (nSPS) is 27.2. The molecule has 0 radical (unpaired) electrons. The van der Waals surface area contributed by atoms with Gasteiger partial charge < -0.3 is 4.57 Å². The van der Waals surface area contributed by atoms with Gasteiger partial charge in [0.1, 0.15) is 0 Å². The average Bonchev–Trinajstić information content (AvgIpc) is 2.28. The van der Waals surface area contributed by atoms with Crippen LogP contribution in [0, 0.1) is 5.92 Å². The minimum Gasteiger partial charge on any atom is -0.344 e. The molecule has 0 aromatic carbocycles. The Kier molecular flexibility index (Phi) is 1.88. The zero-order chi connectivity index (χ0) is 10.3. The SMILES string of the molecule is O=c1ccn2c(c1)CCC1C=CC=CC12. The molecule has 0 bridgehead atoms. The summed E-state index contributed by atoms with van der Waals surface area (Å²) < 4.78 is 2.23. The number of nitrogens with zero attached hydrogens (tertiary/aromatic N) is 1. The average molecular weight is 199 g/mol. The molecule has 1 aliphatic carbocycles. The number of hydrogen-bond donors (Lipinski definition) is 0. The molecule has 76 valence electrons. The van der Waals surface area contributed by atoms with E-state index in [1.54, 1.807) is 12.1 Å². The van der Waals surface area contributed by atoms with E-state index in [9.17, 15) is 4.79 Å². The Labute approximate surface area is 88.6 Å². The Bertz CT molecular complexity index is 496. The number of aromatic nitrogens is 1. The van der Waals surface area contributed by atoms with Gasteiger partial charge in [-0.15, -0.1) is 0 Å². The van der Waals surface area contributed by atoms with Crippen LogP contribution < -0.4 is 5.43 Å². The summed E-state index contributed by atoms with van der Waals surface area (Å²) in [5.41, 5.74) is 1.29. The summed E-state index contributed by atoms with van der Waals surface area (Å²) in [6.45, 7) is 0. The van der Waals surface area contributed by atoms with Crippen LogP contribution in [0.2, 0.25) is 0 Å². The number of rotatable bonds is 0. The minimum absolute atomic E-state index is 0.120. The van der Waals surface area contributed by atoms with Crippen molar-refractivity contribution in [3.8, 4) is 0 Å². The van der Waals surface area contributed by atoms with Gasteiger partial charge in [0.15, 0.2) is 5.43 Å². The highest BCUT2D eigenvalue weighted by Crippen LogP contribution is 2.33. The maximum atomic E-state index is 11.3. The molecule has 1 aromatic heterocycles. The predicted octanol–water partition coefficient (Wildman–Crippen LogP) is 2.08. The third kappa shape index (κ3) is 1.37. The van der Waals surface area contributed by atoms with Crippen molar-refractivity contribution in [3.63, 3.8) is 0 Å². The molecule has 0 saturated heterocycles. The third-order valence-electron chi connectivity index (χ3n) is 3.31. The van der Waals surface area contributed by atoms with Gasteiger partial charge in [-0.1, -0.05) is 24.3 Å². The van der Waals surface area contributed by atoms with Crippen LogP contribution >= 0.6 is 0 Å². The molecule has 15 heavy (non-hydrogen) atoms. The summed E-state index contributed by atoms with van der Waals surface area (Å²) in [4.78, 5) is 11.3. The highest BCUT2D eigenvalue weighted by molar-refractivity contribution is 5.22. The van der Waals surface area contributed by atoms with Crippen LogP contribution in [0.25, 0.3) is 0 Å². The van der Waals surface area contributed by atoms with Gasteiger partial charge in [-0.25, -0.2) is 0 Å². The first-order valence-electron chi connectivity index (χ1n) is 5.41. The lowest BCUT2D eigenvalue weighted by molar-refractivity contribution is 0.373. The highest BCUT2D eigenvalue weighted by Gasteiger charge is 2.25. The molecule has 0 saturated carbocycles. The summed E-state index contributed by atoms with van der Waals surface area (Å²) in [5, 5.41) is 0. The van der Waals surface area contributed by atoms with Gasteiger partial charge in [-0.3, -0.25) is 4.79 Å². The van der Waals surface area contributed by atoms with Crippen molar-refractivity contribution in [1.82, 2.24) is 4.57 Å². The zero-order valence-corrected chi connectivity index (χ0v) is 8.47. The van der Waals surface area contributed by atoms with Gasteiger partial charge in [0.2, 0.25) is 0 Å². The summed E-state index contributed by atoms with van der Waals surface area (Å²) >= 11 is 0. The lowest BCUT2D eigenvalue weighted by Gasteiger charge is -2.33. The lowest BCUT2D eigenvalue weighted by atomic mass is 9.86. The number of hydrogen-bond acceptors (Lipinski definition) is 1. The number of pyridine rings is 1. The monoisotopic (exact) mass is 199 g/mol. The second-order valence-corrected chi connectivity index (χ2v) is 4.22. The van der Waals surface area contributed by atoms with E-state index in [-0.39, 0.29) is 5.43 Å². The first kappa shape index (κ1) is 8.72. The van der Waals surface area contributed by atoms with E-state index in [4.69, 9.17) is 0 Å². The van der Waals surface area contributed by atoms with E-state index in [1.165, 1.54) is 5.69 Å². The van der Waals surface area contributed by atoms with Crippen molar-refractivity contribution in [2.75, 3.05) is 0 Å². The van der Waals surface area contributed by atoms with E-state index < -0.39 is 0 Å². The van der Waals surface area contributed by atoms with Crippen LogP contribution in [0.3, 0.4) is 0 Å². The van der Waals surface area contributed by atoms with E-state index in [0.717, 1.165) is 12.8 Å². The molecule has 2 aliphatic rings. The van der Waals surface area contributed by atoms with E-state index in [2.05, 4.69) is 28.9 Å². The Balaban J connectivity index is 2.12. The highest BCUT2D eigenvalue weighted by atomic mass is 16.1. The Hall–Kier alpha value is -1.57. The molecule has 2 unspecified atom stereocenters. The van der Waals surface area contributed by atoms with Crippen molar-refractivity contribution >= 4 is 0 Å². The largest absolute Gasteiger partial charge is 0.344 e. The summed E-state index contributed by atoms with van der Waals surface area (Å²) in [6.07, 6.45) is 12.8. The summed E-state index contributed by atoms with van der Waals surface area (Å²) in [6, 6.07) is 3.83. The molecule has 1 aliphatic heterocycles. The Morgan fingerprint density at radius 3 is 3.07 bits per heavy atom. The molecule has 0 fully saturated rings. The van der Waals surface area contributed by atoms with Crippen LogP contribution in [-0.2, 0) is 6.42 Å². The molecular weight excluding hydrogens is 186 g/mol. The van der Waals surface area contributed by atoms with Crippen molar-refractivity contribution < 1.29 is 0 Å². The first-order valence-corrected chi connectivity index (χ1v) is 5.41. The van der Waals surface area contributed by atoms with E-state index in [1.807, 2.05) is 6.20 Å². The number of allylic oxidation sites excluding steroid dienone is 4. The first-order chi connectivity index (χ1) is 7.34. The Morgan fingerprint density at radius 2 is 2.13 bits per heavy atom. The number of fused-ring (bicyclic) bond motifs is 3. The fourth-order valence-electron chi connectivity index (χ4n) is 2.55. The van der Waals surface area contributed by atoms with E-state index >= 15 is 0 Å². The number of aryl methyl sites for hydroxylation is 1. The Morgan fingerprint density at radius 1 is 1.27 bits per heavy atom. The van der Waals surface area contributed by atoms with Crippen LogP contribution in [0.5, 0.6) is 0 Å². The van der Waals surface area contributed by atoms with Crippen LogP contribution in [-0.4, -0.2) is 4.57 Å². The van der Waals surface area contributed by atoms with Crippen molar-refractivity contribution in [3.05, 3.63) is 58.6 Å². The van der Waals surface area contributed by atoms with Crippen LogP contribution in [0.15, 0.2) is 47.4 Å². The molecule has 3 rings (SSSR count). The molecule has 2 heterocycles. The van der Waals surface area contributed by atoms with Gasteiger partial charge in [-0.2, -0.15) is 0 Å². The standard InChI is InChI=1S/C13H13NO/c15-12-7-8-14-11(9-12)6-5-10-3-1-2-4-13(10)14/h1-4,7-10,13H,5-6H2. The molecule has 2 nitrogen and oxygen atoms in total. The maximum Gasteiger partial charge on any atom is 0.181 e. The predicted molar refractivity (Wildman–Crippen MR) is 59.8 cm³/mol. The van der Waals surface area contributed by atoms with Gasteiger partial charge in [0.25, 0.3) is 0 Å². The second kappa shape index (κ2) is 3.23. The second-order valence-electron chi connectivity index (χ2n) is 4.22. The van der Waals surface area contributed by atoms with Gasteiger partial charge >= 0.3 is 0 Å². The fourth-order valence-corrected chi connectivity index (χ4v) is 2.55. The maximum absolute atomic E-state index is 11.3. The molecule has 0 N–H and O–H groups in total. The lowest BCUT2D eigenvalue weighted by Crippen LogP contribution is -2.27. The molecule has 0 spiro atoms. The van der Waals surface area contributed by atoms with Crippen LogP contribution in [0.1, 0.15) is 18.2 Å². The van der Waals surface area contributed by atoms with Crippen molar-refractivity contribution in [2.45, 2.75) is 18.9 Å². The third-order valence-corrected chi connectivity index (χ3v) is 3.31. The quantitative estimate of drug-likeness (QED) is 0.627. The summed E-state index contributed by atoms with van der Waals surface area (Å²) in [5.74, 6) is 0.602. The summed E-state index contributed by atoms with van der Waals surface area (Å²) in [7, 11) is 0. The zero-order valence-electron chi connectivity index (χ0n) is 8.47. The van der Waals surface area contributed by atoms with Gasteiger partial charge in [-0.05, 0) is 12.8 Å². The van der Waals surface area contributed by atoms with E-state index in [0.29, 0.717) is 12.0 Å². The van der Waals surface area contributed by atoms with Crippen molar-refractivity contribution in [1.29, 1.82) is 0 Å². The topological polar surface area (TPSA) is 22.0 Å². The smallest absolute Gasteiger partial charge is 0.181 e. The molecule has 1 aromatic rings. The fraction of sp³-hybridized carbons (Fsp3) is 0.308. The van der Waals surface area contributed by atoms with Crippen LogP contribution in [0.4, 0.5) is 0 Å².